The molecule has 0 aliphatic carbocycles. The Morgan fingerprint density at radius 3 is 2.27 bits per heavy atom. The first-order valence-corrected chi connectivity index (χ1v) is 15.8. The summed E-state index contributed by atoms with van der Waals surface area (Å²) in [4.78, 5) is 39.2. The molecule has 12 heteroatoms. The fourth-order valence-electron chi connectivity index (χ4n) is 6.65. The molecule has 2 atom stereocenters. The molecule has 1 fully saturated rings. The van der Waals surface area contributed by atoms with Crippen molar-refractivity contribution in [1.29, 1.82) is 0 Å². The van der Waals surface area contributed by atoms with Gasteiger partial charge in [0.15, 0.2) is 5.83 Å². The second kappa shape index (κ2) is 13.5. The lowest BCUT2D eigenvalue weighted by Crippen LogP contribution is -2.59. The number of amides is 1. The average Bonchev–Trinajstić information content (AvgIpc) is 3.00. The highest BCUT2D eigenvalue weighted by Crippen LogP contribution is 2.39. The standard InChI is InChI=1S/C36H36B2F3N5O2/c1-18(2)24-11-12-42-32(19(3)4)33(24)46-29-15-25(31-23(13-30(37)38)9-8-10-27(31)40)28(41)14-26(29)34(43-36(46)48)45-20(5)16-44(17-21(45)6)35(47)22(7)39/h8-15,18-21H,7,16-17H2,1-6H3/t20-,21-/m0/s1. The van der Waals surface area contributed by atoms with E-state index >= 15 is 8.78 Å². The van der Waals surface area contributed by atoms with Crippen LogP contribution in [-0.4, -0.2) is 66.2 Å². The fraction of sp³-hybridized carbons (Fsp3) is 0.333. The van der Waals surface area contributed by atoms with Crippen LogP contribution in [0, 0.1) is 11.6 Å². The van der Waals surface area contributed by atoms with Crippen LogP contribution in [0.4, 0.5) is 19.0 Å². The van der Waals surface area contributed by atoms with E-state index < -0.39 is 41.1 Å². The van der Waals surface area contributed by atoms with Crippen LogP contribution in [-0.2, 0) is 4.79 Å². The third-order valence-electron chi connectivity index (χ3n) is 8.66. The third kappa shape index (κ3) is 6.32. The van der Waals surface area contributed by atoms with Gasteiger partial charge < -0.3 is 9.80 Å². The molecule has 4 radical (unpaired) electrons. The summed E-state index contributed by atoms with van der Waals surface area (Å²) >= 11 is 0. The van der Waals surface area contributed by atoms with E-state index in [1.807, 2.05) is 52.5 Å². The first-order chi connectivity index (χ1) is 22.6. The molecule has 1 aliphatic rings. The van der Waals surface area contributed by atoms with E-state index in [0.29, 0.717) is 11.4 Å². The number of aromatic nitrogens is 3. The van der Waals surface area contributed by atoms with E-state index in [1.165, 1.54) is 39.8 Å². The first-order valence-electron chi connectivity index (χ1n) is 15.8. The van der Waals surface area contributed by atoms with Crippen molar-refractivity contribution in [1.82, 2.24) is 19.4 Å². The number of anilines is 1. The molecule has 2 aromatic carbocycles. The molecule has 5 rings (SSSR count). The van der Waals surface area contributed by atoms with Crippen LogP contribution in [0.15, 0.2) is 65.2 Å². The summed E-state index contributed by atoms with van der Waals surface area (Å²) in [5.74, 6) is -3.32. The Labute approximate surface area is 281 Å². The lowest BCUT2D eigenvalue weighted by molar-refractivity contribution is -0.129. The predicted octanol–water partition coefficient (Wildman–Crippen LogP) is 6.52. The Bertz CT molecular complexity index is 1990. The van der Waals surface area contributed by atoms with Gasteiger partial charge >= 0.3 is 5.69 Å². The van der Waals surface area contributed by atoms with Crippen LogP contribution in [0.3, 0.4) is 0 Å². The molecular formula is C36H36B2F3N5O2. The minimum Gasteiger partial charge on any atom is -0.347 e. The number of fused-ring (bicyclic) bond motifs is 1. The maximum atomic E-state index is 16.5. The molecule has 3 heterocycles. The average molecular weight is 649 g/mol. The van der Waals surface area contributed by atoms with Gasteiger partial charge in [0.2, 0.25) is 0 Å². The number of carbonyl (C=O) groups is 1. The van der Waals surface area contributed by atoms with Crippen molar-refractivity contribution in [2.24, 2.45) is 0 Å². The number of carbonyl (C=O) groups excluding carboxylic acids is 1. The normalized spacial score (nSPS) is 16.6. The molecule has 4 aromatic rings. The molecule has 0 saturated carbocycles. The largest absolute Gasteiger partial charge is 0.354 e. The Balaban J connectivity index is 1.89. The molecule has 1 amide bonds. The van der Waals surface area contributed by atoms with Gasteiger partial charge in [-0.05, 0) is 61.1 Å². The first kappa shape index (κ1) is 34.7. The molecule has 244 valence electrons. The summed E-state index contributed by atoms with van der Waals surface area (Å²) in [5, 5.41) is 0.186. The van der Waals surface area contributed by atoms with Crippen LogP contribution in [0.1, 0.15) is 70.2 Å². The summed E-state index contributed by atoms with van der Waals surface area (Å²) in [7, 11) is 11.5. The number of hydrogen-bond acceptors (Lipinski definition) is 5. The zero-order valence-corrected chi connectivity index (χ0v) is 27.9. The highest BCUT2D eigenvalue weighted by atomic mass is 19.1. The van der Waals surface area contributed by atoms with E-state index in [1.54, 1.807) is 12.3 Å². The lowest BCUT2D eigenvalue weighted by atomic mass is 9.77. The monoisotopic (exact) mass is 649 g/mol. The highest BCUT2D eigenvalue weighted by Gasteiger charge is 2.36. The second-order valence-corrected chi connectivity index (χ2v) is 12.9. The van der Waals surface area contributed by atoms with Crippen molar-refractivity contribution in [3.63, 3.8) is 0 Å². The summed E-state index contributed by atoms with van der Waals surface area (Å²) in [5.41, 5.74) is 1.65. The van der Waals surface area contributed by atoms with Gasteiger partial charge in [0, 0.05) is 47.9 Å². The molecular weight excluding hydrogens is 613 g/mol. The molecule has 1 aliphatic heterocycles. The van der Waals surface area contributed by atoms with Gasteiger partial charge in [-0.25, -0.2) is 18.0 Å². The quantitative estimate of drug-likeness (QED) is 0.169. The Hall–Kier alpha value is -4.60. The van der Waals surface area contributed by atoms with Gasteiger partial charge in [-0.3, -0.25) is 14.3 Å². The van der Waals surface area contributed by atoms with Crippen LogP contribution in [0.2, 0.25) is 0 Å². The number of piperazine rings is 1. The summed E-state index contributed by atoms with van der Waals surface area (Å²) in [6.07, 6.45) is 3.04. The van der Waals surface area contributed by atoms with Crippen molar-refractivity contribution in [3.05, 3.63) is 99.3 Å². The number of pyridine rings is 1. The van der Waals surface area contributed by atoms with Crippen LogP contribution >= 0.6 is 0 Å². The van der Waals surface area contributed by atoms with Crippen molar-refractivity contribution in [2.75, 3.05) is 18.0 Å². The van der Waals surface area contributed by atoms with Gasteiger partial charge in [-0.2, -0.15) is 10.4 Å². The molecule has 7 nitrogen and oxygen atoms in total. The minimum absolute atomic E-state index is 0.0335. The van der Waals surface area contributed by atoms with Gasteiger partial charge in [-0.1, -0.05) is 52.5 Å². The molecule has 0 unspecified atom stereocenters. The Kier molecular flexibility index (Phi) is 9.76. The van der Waals surface area contributed by atoms with Gasteiger partial charge in [0.05, 0.1) is 32.6 Å². The fourth-order valence-corrected chi connectivity index (χ4v) is 6.65. The van der Waals surface area contributed by atoms with Gasteiger partial charge in [0.25, 0.3) is 5.91 Å². The molecule has 48 heavy (non-hydrogen) atoms. The maximum Gasteiger partial charge on any atom is 0.354 e. The molecule has 2 aromatic heterocycles. The smallest absolute Gasteiger partial charge is 0.347 e. The number of rotatable bonds is 7. The van der Waals surface area contributed by atoms with Crippen LogP contribution < -0.4 is 10.6 Å². The summed E-state index contributed by atoms with van der Waals surface area (Å²) < 4.78 is 47.3. The number of benzene rings is 2. The molecule has 0 N–H and O–H groups in total. The van der Waals surface area contributed by atoms with Gasteiger partial charge in [0.1, 0.15) is 17.5 Å². The van der Waals surface area contributed by atoms with Crippen molar-refractivity contribution >= 4 is 44.4 Å². The van der Waals surface area contributed by atoms with Crippen molar-refractivity contribution in [2.45, 2.75) is 65.5 Å². The van der Waals surface area contributed by atoms with E-state index in [2.05, 4.69) is 16.5 Å². The summed E-state index contributed by atoms with van der Waals surface area (Å²) in [6.45, 7) is 14.9. The zero-order valence-electron chi connectivity index (χ0n) is 27.9. The van der Waals surface area contributed by atoms with Gasteiger partial charge in [-0.15, -0.1) is 0 Å². The number of halogens is 3. The van der Waals surface area contributed by atoms with E-state index in [0.717, 1.165) is 5.56 Å². The van der Waals surface area contributed by atoms with E-state index in [9.17, 15) is 14.0 Å². The molecule has 0 spiro atoms. The maximum absolute atomic E-state index is 16.5. The molecule has 0 bridgehead atoms. The summed E-state index contributed by atoms with van der Waals surface area (Å²) in [6, 6.07) is 7.88. The predicted molar refractivity (Wildman–Crippen MR) is 186 cm³/mol. The SMILES string of the molecule is [B]C([B])=Cc1cccc(F)c1-c1cc2c(cc1F)c(N1[C@@H](C)CN(C(=O)C(=C)F)C[C@@H]1C)nc(=O)n2-c1c(C(C)C)ccnc1C(C)C. The third-order valence-corrected chi connectivity index (χ3v) is 8.66. The van der Waals surface area contributed by atoms with E-state index in [-0.39, 0.29) is 63.7 Å². The van der Waals surface area contributed by atoms with Crippen molar-refractivity contribution < 1.29 is 18.0 Å². The topological polar surface area (TPSA) is 71.3 Å². The van der Waals surface area contributed by atoms with Crippen LogP contribution in [0.5, 0.6) is 0 Å². The molecule has 1 saturated heterocycles. The zero-order chi connectivity index (χ0) is 35.2. The number of hydrogen-bond donors (Lipinski definition) is 0. The lowest BCUT2D eigenvalue weighted by Gasteiger charge is -2.45. The van der Waals surface area contributed by atoms with Crippen LogP contribution in [0.25, 0.3) is 33.8 Å². The Morgan fingerprint density at radius 1 is 1.02 bits per heavy atom. The highest BCUT2D eigenvalue weighted by molar-refractivity contribution is 6.50. The van der Waals surface area contributed by atoms with Crippen molar-refractivity contribution in [3.8, 4) is 16.8 Å². The Morgan fingerprint density at radius 2 is 1.69 bits per heavy atom. The minimum atomic E-state index is -1.07. The van der Waals surface area contributed by atoms with E-state index in [4.69, 9.17) is 15.7 Å². The number of nitrogens with zero attached hydrogens (tertiary/aromatic N) is 5. The second-order valence-electron chi connectivity index (χ2n) is 12.9.